The Labute approximate surface area is 114 Å². The van der Waals surface area contributed by atoms with Gasteiger partial charge in [0.05, 0.1) is 0 Å². The lowest BCUT2D eigenvalue weighted by Crippen LogP contribution is -2.15. The molecule has 0 aromatic heterocycles. The SMILES string of the molecule is CCc1ccc(NC(C)=O)cc1NC(=O)CC(C)C. The van der Waals surface area contributed by atoms with E-state index in [2.05, 4.69) is 10.6 Å². The van der Waals surface area contributed by atoms with E-state index < -0.39 is 0 Å². The molecule has 1 aromatic rings. The summed E-state index contributed by atoms with van der Waals surface area (Å²) in [5, 5.41) is 5.64. The van der Waals surface area contributed by atoms with Gasteiger partial charge in [-0.3, -0.25) is 9.59 Å². The summed E-state index contributed by atoms with van der Waals surface area (Å²) in [7, 11) is 0. The topological polar surface area (TPSA) is 58.2 Å². The summed E-state index contributed by atoms with van der Waals surface area (Å²) in [6, 6.07) is 5.58. The number of benzene rings is 1. The van der Waals surface area contributed by atoms with E-state index in [1.807, 2.05) is 32.9 Å². The maximum Gasteiger partial charge on any atom is 0.224 e. The third-order valence-electron chi connectivity index (χ3n) is 2.68. The Bertz CT molecular complexity index is 467. The summed E-state index contributed by atoms with van der Waals surface area (Å²) < 4.78 is 0. The van der Waals surface area contributed by atoms with Gasteiger partial charge in [-0.1, -0.05) is 26.8 Å². The average Bonchev–Trinajstić information content (AvgIpc) is 2.27. The molecule has 0 aliphatic heterocycles. The summed E-state index contributed by atoms with van der Waals surface area (Å²) in [5.41, 5.74) is 2.54. The first-order valence-electron chi connectivity index (χ1n) is 6.62. The second kappa shape index (κ2) is 6.92. The molecule has 0 saturated carbocycles. The number of amides is 2. The van der Waals surface area contributed by atoms with Crippen LogP contribution in [0.15, 0.2) is 18.2 Å². The molecule has 4 nitrogen and oxygen atoms in total. The van der Waals surface area contributed by atoms with Crippen molar-refractivity contribution in [2.75, 3.05) is 10.6 Å². The molecule has 0 heterocycles. The Balaban J connectivity index is 2.89. The van der Waals surface area contributed by atoms with Crippen molar-refractivity contribution in [3.05, 3.63) is 23.8 Å². The Morgan fingerprint density at radius 2 is 1.89 bits per heavy atom. The zero-order valence-electron chi connectivity index (χ0n) is 12.0. The second-order valence-electron chi connectivity index (χ2n) is 5.05. The summed E-state index contributed by atoms with van der Waals surface area (Å²) in [4.78, 5) is 22.9. The van der Waals surface area contributed by atoms with Gasteiger partial charge >= 0.3 is 0 Å². The number of hydrogen-bond acceptors (Lipinski definition) is 2. The van der Waals surface area contributed by atoms with E-state index in [0.717, 1.165) is 17.7 Å². The molecular weight excluding hydrogens is 240 g/mol. The number of carbonyl (C=O) groups is 2. The number of nitrogens with one attached hydrogen (secondary N) is 2. The molecule has 0 aliphatic carbocycles. The fourth-order valence-electron chi connectivity index (χ4n) is 1.85. The van der Waals surface area contributed by atoms with E-state index in [1.165, 1.54) is 6.92 Å². The molecule has 2 N–H and O–H groups in total. The molecule has 104 valence electrons. The van der Waals surface area contributed by atoms with Crippen LogP contribution in [0.3, 0.4) is 0 Å². The van der Waals surface area contributed by atoms with Crippen molar-refractivity contribution in [2.24, 2.45) is 5.92 Å². The predicted molar refractivity (Wildman–Crippen MR) is 78.2 cm³/mol. The molecule has 0 bridgehead atoms. The van der Waals surface area contributed by atoms with Crippen LogP contribution in [-0.2, 0) is 16.0 Å². The standard InChI is InChI=1S/C15H22N2O2/c1-5-12-6-7-13(16-11(4)18)9-14(12)17-15(19)8-10(2)3/h6-7,9-10H,5,8H2,1-4H3,(H,16,18)(H,17,19). The van der Waals surface area contributed by atoms with Crippen LogP contribution >= 0.6 is 0 Å². The molecule has 0 atom stereocenters. The van der Waals surface area contributed by atoms with Gasteiger partial charge in [-0.05, 0) is 30.0 Å². The van der Waals surface area contributed by atoms with Crippen molar-refractivity contribution < 1.29 is 9.59 Å². The van der Waals surface area contributed by atoms with Crippen molar-refractivity contribution in [1.29, 1.82) is 0 Å². The molecule has 4 heteroatoms. The zero-order valence-corrected chi connectivity index (χ0v) is 12.0. The molecule has 0 spiro atoms. The lowest BCUT2D eigenvalue weighted by molar-refractivity contribution is -0.117. The largest absolute Gasteiger partial charge is 0.326 e. The van der Waals surface area contributed by atoms with Crippen LogP contribution in [0.4, 0.5) is 11.4 Å². The van der Waals surface area contributed by atoms with E-state index in [0.29, 0.717) is 18.0 Å². The molecule has 0 saturated heterocycles. The predicted octanol–water partition coefficient (Wildman–Crippen LogP) is 3.19. The normalized spacial score (nSPS) is 10.4. The Hall–Kier alpha value is -1.84. The van der Waals surface area contributed by atoms with Gasteiger partial charge in [0.15, 0.2) is 0 Å². The third-order valence-corrected chi connectivity index (χ3v) is 2.68. The number of anilines is 2. The van der Waals surface area contributed by atoms with E-state index in [-0.39, 0.29) is 11.8 Å². The monoisotopic (exact) mass is 262 g/mol. The lowest BCUT2D eigenvalue weighted by atomic mass is 10.1. The first kappa shape index (κ1) is 15.2. The van der Waals surface area contributed by atoms with Gasteiger partial charge in [0.2, 0.25) is 11.8 Å². The van der Waals surface area contributed by atoms with Gasteiger partial charge in [-0.25, -0.2) is 0 Å². The van der Waals surface area contributed by atoms with Gasteiger partial charge in [0.25, 0.3) is 0 Å². The van der Waals surface area contributed by atoms with Crippen LogP contribution in [0.5, 0.6) is 0 Å². The first-order chi connectivity index (χ1) is 8.92. The molecular formula is C15H22N2O2. The van der Waals surface area contributed by atoms with Crippen molar-refractivity contribution in [3.8, 4) is 0 Å². The van der Waals surface area contributed by atoms with Crippen LogP contribution in [0.25, 0.3) is 0 Å². The van der Waals surface area contributed by atoms with Gasteiger partial charge in [0, 0.05) is 24.7 Å². The van der Waals surface area contributed by atoms with Crippen LogP contribution in [0.1, 0.15) is 39.7 Å². The molecule has 2 amide bonds. The van der Waals surface area contributed by atoms with E-state index in [1.54, 1.807) is 6.07 Å². The van der Waals surface area contributed by atoms with Gasteiger partial charge in [-0.15, -0.1) is 0 Å². The second-order valence-corrected chi connectivity index (χ2v) is 5.05. The Morgan fingerprint density at radius 3 is 2.42 bits per heavy atom. The number of aryl methyl sites for hydroxylation is 1. The summed E-state index contributed by atoms with van der Waals surface area (Å²) in [6.45, 7) is 7.51. The van der Waals surface area contributed by atoms with Gasteiger partial charge in [0.1, 0.15) is 0 Å². The van der Waals surface area contributed by atoms with Crippen molar-refractivity contribution >= 4 is 23.2 Å². The third kappa shape index (κ3) is 5.12. The maximum absolute atomic E-state index is 11.8. The van der Waals surface area contributed by atoms with Gasteiger partial charge < -0.3 is 10.6 Å². The van der Waals surface area contributed by atoms with Gasteiger partial charge in [-0.2, -0.15) is 0 Å². The highest BCUT2D eigenvalue weighted by Gasteiger charge is 2.09. The summed E-state index contributed by atoms with van der Waals surface area (Å²) >= 11 is 0. The smallest absolute Gasteiger partial charge is 0.224 e. The minimum atomic E-state index is -0.122. The maximum atomic E-state index is 11.8. The quantitative estimate of drug-likeness (QED) is 0.856. The highest BCUT2D eigenvalue weighted by atomic mass is 16.2. The Kier molecular flexibility index (Phi) is 5.55. The van der Waals surface area contributed by atoms with E-state index >= 15 is 0 Å². The van der Waals surface area contributed by atoms with E-state index in [4.69, 9.17) is 0 Å². The van der Waals surface area contributed by atoms with Crippen LogP contribution < -0.4 is 10.6 Å². The molecule has 1 aromatic carbocycles. The molecule has 0 aliphatic rings. The number of hydrogen-bond donors (Lipinski definition) is 2. The Morgan fingerprint density at radius 1 is 1.21 bits per heavy atom. The minimum absolute atomic E-state index is 0.00433. The lowest BCUT2D eigenvalue weighted by Gasteiger charge is -2.13. The zero-order chi connectivity index (χ0) is 14.4. The number of rotatable bonds is 5. The van der Waals surface area contributed by atoms with Crippen molar-refractivity contribution in [3.63, 3.8) is 0 Å². The molecule has 0 fully saturated rings. The highest BCUT2D eigenvalue weighted by molar-refractivity contribution is 5.94. The molecule has 0 unspecified atom stereocenters. The molecule has 19 heavy (non-hydrogen) atoms. The fraction of sp³-hybridized carbons (Fsp3) is 0.467. The van der Waals surface area contributed by atoms with Crippen LogP contribution in [0, 0.1) is 5.92 Å². The molecule has 0 radical (unpaired) electrons. The van der Waals surface area contributed by atoms with Crippen molar-refractivity contribution in [1.82, 2.24) is 0 Å². The highest BCUT2D eigenvalue weighted by Crippen LogP contribution is 2.22. The fourth-order valence-corrected chi connectivity index (χ4v) is 1.85. The van der Waals surface area contributed by atoms with Crippen LogP contribution in [0.2, 0.25) is 0 Å². The first-order valence-corrected chi connectivity index (χ1v) is 6.62. The minimum Gasteiger partial charge on any atom is -0.326 e. The van der Waals surface area contributed by atoms with Crippen LogP contribution in [-0.4, -0.2) is 11.8 Å². The summed E-state index contributed by atoms with van der Waals surface area (Å²) in [5.74, 6) is 0.206. The average molecular weight is 262 g/mol. The van der Waals surface area contributed by atoms with Crippen molar-refractivity contribution in [2.45, 2.75) is 40.5 Å². The van der Waals surface area contributed by atoms with E-state index in [9.17, 15) is 9.59 Å². The summed E-state index contributed by atoms with van der Waals surface area (Å²) in [6.07, 6.45) is 1.32. The molecule has 1 rings (SSSR count). The number of carbonyl (C=O) groups excluding carboxylic acids is 2.